The van der Waals surface area contributed by atoms with Gasteiger partial charge in [0.1, 0.15) is 0 Å². The summed E-state index contributed by atoms with van der Waals surface area (Å²) in [4.78, 5) is 11.8. The Hall–Kier alpha value is -1.77. The van der Waals surface area contributed by atoms with Crippen molar-refractivity contribution in [3.05, 3.63) is 41.5 Å². The number of thioether (sulfide) groups is 1. The number of carbonyl (C=O) groups is 1. The van der Waals surface area contributed by atoms with E-state index in [0.717, 1.165) is 11.3 Å². The van der Waals surface area contributed by atoms with Gasteiger partial charge in [0.2, 0.25) is 5.91 Å². The molecule has 0 radical (unpaired) electrons. The minimum Gasteiger partial charge on any atom is -0.396 e. The van der Waals surface area contributed by atoms with E-state index >= 15 is 0 Å². The molecule has 2 N–H and O–H groups in total. The first-order valence-corrected chi connectivity index (χ1v) is 7.67. The van der Waals surface area contributed by atoms with E-state index in [1.165, 1.54) is 6.08 Å². The quantitative estimate of drug-likeness (QED) is 0.751. The summed E-state index contributed by atoms with van der Waals surface area (Å²) in [6, 6.07) is 9.07. The van der Waals surface area contributed by atoms with E-state index < -0.39 is 0 Å². The van der Waals surface area contributed by atoms with E-state index in [0.29, 0.717) is 12.0 Å². The Morgan fingerprint density at radius 2 is 2.40 bits per heavy atom. The average Bonchev–Trinajstić information content (AvgIpc) is 2.46. The van der Waals surface area contributed by atoms with Crippen molar-refractivity contribution in [2.24, 2.45) is 0 Å². The van der Waals surface area contributed by atoms with Gasteiger partial charge in [-0.25, -0.2) is 0 Å². The average molecular weight is 290 g/mol. The van der Waals surface area contributed by atoms with Crippen molar-refractivity contribution in [3.63, 3.8) is 0 Å². The summed E-state index contributed by atoms with van der Waals surface area (Å²) in [6.45, 7) is 0.0550. The van der Waals surface area contributed by atoms with Crippen molar-refractivity contribution < 1.29 is 9.90 Å². The molecule has 1 unspecified atom stereocenters. The normalized spacial score (nSPS) is 12.1. The Balaban J connectivity index is 2.60. The molecule has 1 aromatic carbocycles. The minimum absolute atomic E-state index is 0.0300. The van der Waals surface area contributed by atoms with Crippen molar-refractivity contribution in [1.82, 2.24) is 5.32 Å². The summed E-state index contributed by atoms with van der Waals surface area (Å²) in [7, 11) is 0. The van der Waals surface area contributed by atoms with Crippen LogP contribution in [-0.2, 0) is 4.79 Å². The maximum Gasteiger partial charge on any atom is 0.244 e. The van der Waals surface area contributed by atoms with Gasteiger partial charge in [0.25, 0.3) is 0 Å². The van der Waals surface area contributed by atoms with Gasteiger partial charge in [-0.2, -0.15) is 17.0 Å². The molecule has 1 atom stereocenters. The van der Waals surface area contributed by atoms with E-state index in [4.69, 9.17) is 10.4 Å². The van der Waals surface area contributed by atoms with Crippen LogP contribution in [0.4, 0.5) is 0 Å². The highest BCUT2D eigenvalue weighted by atomic mass is 32.2. The summed E-state index contributed by atoms with van der Waals surface area (Å²) in [5.74, 6) is 0.573. The van der Waals surface area contributed by atoms with Gasteiger partial charge in [0.05, 0.1) is 11.6 Å². The molecule has 0 spiro atoms. The summed E-state index contributed by atoms with van der Waals surface area (Å²) in [6.07, 6.45) is 5.62. The molecule has 0 aliphatic carbocycles. The molecular weight excluding hydrogens is 272 g/mol. The topological polar surface area (TPSA) is 73.1 Å². The van der Waals surface area contributed by atoms with Crippen LogP contribution in [-0.4, -0.2) is 35.7 Å². The van der Waals surface area contributed by atoms with E-state index in [-0.39, 0.29) is 18.6 Å². The third kappa shape index (κ3) is 5.91. The predicted octanol–water partition coefficient (Wildman–Crippen LogP) is 1.80. The third-order valence-electron chi connectivity index (χ3n) is 2.63. The fourth-order valence-electron chi connectivity index (χ4n) is 1.69. The molecule has 0 bridgehead atoms. The number of amides is 1. The number of carbonyl (C=O) groups excluding carboxylic acids is 1. The first-order valence-electron chi connectivity index (χ1n) is 6.28. The largest absolute Gasteiger partial charge is 0.396 e. The maximum atomic E-state index is 11.8. The van der Waals surface area contributed by atoms with Gasteiger partial charge in [0.15, 0.2) is 0 Å². The molecule has 1 amide bonds. The number of benzene rings is 1. The zero-order valence-electron chi connectivity index (χ0n) is 11.4. The molecule has 0 saturated heterocycles. The van der Waals surface area contributed by atoms with E-state index in [1.807, 2.05) is 12.3 Å². The molecular formula is C15H18N2O2S. The highest BCUT2D eigenvalue weighted by molar-refractivity contribution is 7.98. The maximum absolute atomic E-state index is 11.8. The number of nitrogens with one attached hydrogen (secondary N) is 1. The summed E-state index contributed by atoms with van der Waals surface area (Å²) in [5.41, 5.74) is 1.37. The molecule has 5 heteroatoms. The second kappa shape index (κ2) is 9.18. The van der Waals surface area contributed by atoms with Crippen LogP contribution in [0.3, 0.4) is 0 Å². The van der Waals surface area contributed by atoms with Gasteiger partial charge in [-0.05, 0) is 36.4 Å². The van der Waals surface area contributed by atoms with Crippen molar-refractivity contribution >= 4 is 23.7 Å². The lowest BCUT2D eigenvalue weighted by molar-refractivity contribution is -0.117. The lowest BCUT2D eigenvalue weighted by atomic mass is 10.1. The van der Waals surface area contributed by atoms with Gasteiger partial charge in [-0.3, -0.25) is 4.79 Å². The summed E-state index contributed by atoms with van der Waals surface area (Å²) >= 11 is 1.63. The van der Waals surface area contributed by atoms with E-state index in [9.17, 15) is 4.79 Å². The number of hydrogen-bond acceptors (Lipinski definition) is 4. The van der Waals surface area contributed by atoms with Gasteiger partial charge >= 0.3 is 0 Å². The van der Waals surface area contributed by atoms with Crippen LogP contribution in [0.25, 0.3) is 6.08 Å². The van der Waals surface area contributed by atoms with Crippen LogP contribution in [0.5, 0.6) is 0 Å². The molecule has 0 saturated carbocycles. The molecule has 0 aromatic heterocycles. The highest BCUT2D eigenvalue weighted by Gasteiger charge is 2.09. The molecule has 106 valence electrons. The lowest BCUT2D eigenvalue weighted by Gasteiger charge is -2.15. The van der Waals surface area contributed by atoms with Crippen LogP contribution in [0.1, 0.15) is 17.5 Å². The zero-order valence-corrected chi connectivity index (χ0v) is 12.2. The summed E-state index contributed by atoms with van der Waals surface area (Å²) in [5, 5.41) is 20.6. The fraction of sp³-hybridized carbons (Fsp3) is 0.333. The Bertz CT molecular complexity index is 503. The number of aliphatic hydroxyl groups excluding tert-OH is 1. The van der Waals surface area contributed by atoms with Gasteiger partial charge < -0.3 is 10.4 Å². The molecule has 1 aromatic rings. The Morgan fingerprint density at radius 1 is 1.60 bits per heavy atom. The Morgan fingerprint density at radius 3 is 3.05 bits per heavy atom. The first-order chi connectivity index (χ1) is 9.69. The summed E-state index contributed by atoms with van der Waals surface area (Å²) < 4.78 is 0. The number of aliphatic hydroxyl groups is 1. The van der Waals surface area contributed by atoms with Gasteiger partial charge in [-0.1, -0.05) is 12.1 Å². The standard InChI is InChI=1S/C15H18N2O2S/c1-20-11-14(7-8-18)17-15(19)6-5-12-3-2-4-13(9-12)10-16/h2-6,9,14,18H,7-8,11H2,1H3,(H,17,19)/b6-5+. The third-order valence-corrected chi connectivity index (χ3v) is 3.37. The van der Waals surface area contributed by atoms with E-state index in [1.54, 1.807) is 36.0 Å². The highest BCUT2D eigenvalue weighted by Crippen LogP contribution is 2.06. The van der Waals surface area contributed by atoms with Crippen molar-refractivity contribution in [2.45, 2.75) is 12.5 Å². The van der Waals surface area contributed by atoms with Crippen LogP contribution < -0.4 is 5.32 Å². The molecule has 4 nitrogen and oxygen atoms in total. The first kappa shape index (κ1) is 16.3. The Labute approximate surface area is 123 Å². The smallest absolute Gasteiger partial charge is 0.244 e. The Kier molecular flexibility index (Phi) is 7.48. The molecule has 0 heterocycles. The molecule has 1 rings (SSSR count). The second-order valence-electron chi connectivity index (χ2n) is 4.24. The predicted molar refractivity (Wildman–Crippen MR) is 82.2 cm³/mol. The molecule has 0 fully saturated rings. The fourth-order valence-corrected chi connectivity index (χ4v) is 2.34. The second-order valence-corrected chi connectivity index (χ2v) is 5.15. The lowest BCUT2D eigenvalue weighted by Crippen LogP contribution is -2.36. The van der Waals surface area contributed by atoms with Crippen molar-refractivity contribution in [3.8, 4) is 6.07 Å². The van der Waals surface area contributed by atoms with Crippen molar-refractivity contribution in [1.29, 1.82) is 5.26 Å². The molecule has 20 heavy (non-hydrogen) atoms. The number of nitriles is 1. The van der Waals surface area contributed by atoms with Crippen LogP contribution in [0.15, 0.2) is 30.3 Å². The van der Waals surface area contributed by atoms with Crippen LogP contribution >= 0.6 is 11.8 Å². The van der Waals surface area contributed by atoms with Gasteiger partial charge in [-0.15, -0.1) is 0 Å². The van der Waals surface area contributed by atoms with E-state index in [2.05, 4.69) is 11.4 Å². The zero-order chi connectivity index (χ0) is 14.8. The van der Waals surface area contributed by atoms with Crippen molar-refractivity contribution in [2.75, 3.05) is 18.6 Å². The number of hydrogen-bond donors (Lipinski definition) is 2. The molecule has 0 aliphatic heterocycles. The van der Waals surface area contributed by atoms with Crippen LogP contribution in [0, 0.1) is 11.3 Å². The van der Waals surface area contributed by atoms with Crippen LogP contribution in [0.2, 0.25) is 0 Å². The monoisotopic (exact) mass is 290 g/mol. The molecule has 0 aliphatic rings. The minimum atomic E-state index is -0.195. The number of rotatable bonds is 7. The number of nitrogens with zero attached hydrogens (tertiary/aromatic N) is 1. The SMILES string of the molecule is CSCC(CCO)NC(=O)/C=C/c1cccc(C#N)c1. The van der Waals surface area contributed by atoms with Gasteiger partial charge in [0, 0.05) is 24.5 Å².